The van der Waals surface area contributed by atoms with Gasteiger partial charge in [0.25, 0.3) is 0 Å². The molecule has 2 amide bonds. The fourth-order valence-corrected chi connectivity index (χ4v) is 0.910. The molecule has 0 aromatic carbocycles. The Morgan fingerprint density at radius 2 is 2.15 bits per heavy atom. The van der Waals surface area contributed by atoms with Crippen molar-refractivity contribution in [3.8, 4) is 0 Å². The number of nitrogens with two attached hydrogens (primary N) is 1. The van der Waals surface area contributed by atoms with E-state index in [9.17, 15) is 4.79 Å². The van der Waals surface area contributed by atoms with Crippen LogP contribution < -0.4 is 16.4 Å². The molecule has 1 aliphatic carbocycles. The summed E-state index contributed by atoms with van der Waals surface area (Å²) in [5.74, 6) is 0.404. The number of amides is 2. The molecule has 13 heavy (non-hydrogen) atoms. The van der Waals surface area contributed by atoms with Gasteiger partial charge in [-0.2, -0.15) is 0 Å². The molecule has 1 saturated carbocycles. The summed E-state index contributed by atoms with van der Waals surface area (Å²) in [7, 11) is 0. The highest BCUT2D eigenvalue weighted by atomic mass is 16.2. The van der Waals surface area contributed by atoms with Crippen molar-refractivity contribution in [1.82, 2.24) is 10.6 Å². The molecule has 4 heteroatoms. The number of hydrogen-bond acceptors (Lipinski definition) is 2. The summed E-state index contributed by atoms with van der Waals surface area (Å²) in [5, 5.41) is 5.60. The largest absolute Gasteiger partial charge is 0.337 e. The highest BCUT2D eigenvalue weighted by Gasteiger charge is 2.23. The summed E-state index contributed by atoms with van der Waals surface area (Å²) < 4.78 is 0. The maximum absolute atomic E-state index is 11.1. The predicted molar refractivity (Wildman–Crippen MR) is 52.4 cm³/mol. The lowest BCUT2D eigenvalue weighted by Gasteiger charge is -2.16. The Bertz CT molecular complexity index is 178. The van der Waals surface area contributed by atoms with Crippen molar-refractivity contribution < 1.29 is 4.79 Å². The Balaban J connectivity index is 2.06. The molecule has 0 aliphatic heterocycles. The van der Waals surface area contributed by atoms with Gasteiger partial charge in [-0.25, -0.2) is 4.79 Å². The smallest absolute Gasteiger partial charge is 0.315 e. The summed E-state index contributed by atoms with van der Waals surface area (Å²) in [6.45, 7) is 4.65. The van der Waals surface area contributed by atoms with Gasteiger partial charge in [-0.3, -0.25) is 0 Å². The van der Waals surface area contributed by atoms with Gasteiger partial charge in [-0.05, 0) is 18.8 Å². The molecule has 0 heterocycles. The molecule has 0 radical (unpaired) electrons. The molecular formula is C9H19N3O. The lowest BCUT2D eigenvalue weighted by molar-refractivity contribution is 0.239. The molecule has 1 fully saturated rings. The summed E-state index contributed by atoms with van der Waals surface area (Å²) in [4.78, 5) is 11.1. The van der Waals surface area contributed by atoms with Gasteiger partial charge >= 0.3 is 6.03 Å². The van der Waals surface area contributed by atoms with Gasteiger partial charge in [-0.1, -0.05) is 13.8 Å². The molecule has 0 aromatic rings. The van der Waals surface area contributed by atoms with Crippen LogP contribution in [0.2, 0.25) is 0 Å². The lowest BCUT2D eigenvalue weighted by Crippen LogP contribution is -2.45. The van der Waals surface area contributed by atoms with Crippen molar-refractivity contribution in [2.45, 2.75) is 38.8 Å². The topological polar surface area (TPSA) is 67.1 Å². The van der Waals surface area contributed by atoms with E-state index in [4.69, 9.17) is 5.73 Å². The van der Waals surface area contributed by atoms with E-state index in [1.54, 1.807) is 0 Å². The molecule has 1 atom stereocenters. The number of carbonyl (C=O) groups is 1. The van der Waals surface area contributed by atoms with E-state index in [0.717, 1.165) is 12.8 Å². The van der Waals surface area contributed by atoms with E-state index in [-0.39, 0.29) is 12.1 Å². The Morgan fingerprint density at radius 3 is 2.62 bits per heavy atom. The molecule has 1 unspecified atom stereocenters. The summed E-state index contributed by atoms with van der Waals surface area (Å²) in [6, 6.07) is 0.374. The molecule has 1 rings (SSSR count). The van der Waals surface area contributed by atoms with Crippen molar-refractivity contribution in [1.29, 1.82) is 0 Å². The first kappa shape index (κ1) is 10.3. The average Bonchev–Trinajstić information content (AvgIpc) is 2.83. The zero-order valence-electron chi connectivity index (χ0n) is 8.34. The van der Waals surface area contributed by atoms with Crippen LogP contribution in [-0.2, 0) is 0 Å². The lowest BCUT2D eigenvalue weighted by atomic mass is 10.1. The third-order valence-electron chi connectivity index (χ3n) is 2.27. The van der Waals surface area contributed by atoms with Gasteiger partial charge in [0.1, 0.15) is 0 Å². The number of nitrogens with one attached hydrogen (secondary N) is 2. The zero-order chi connectivity index (χ0) is 9.84. The first-order chi connectivity index (χ1) is 6.09. The van der Waals surface area contributed by atoms with Crippen LogP contribution in [0.4, 0.5) is 4.79 Å². The minimum atomic E-state index is -0.0846. The number of rotatable bonds is 4. The van der Waals surface area contributed by atoms with Crippen molar-refractivity contribution in [2.24, 2.45) is 11.7 Å². The molecule has 0 spiro atoms. The normalized spacial score (nSPS) is 18.5. The number of hydrogen-bond donors (Lipinski definition) is 3. The second-order valence-electron chi connectivity index (χ2n) is 4.04. The number of urea groups is 1. The fraction of sp³-hybridized carbons (Fsp3) is 0.889. The highest BCUT2D eigenvalue weighted by molar-refractivity contribution is 5.74. The van der Waals surface area contributed by atoms with Gasteiger partial charge in [-0.15, -0.1) is 0 Å². The van der Waals surface area contributed by atoms with Crippen LogP contribution >= 0.6 is 0 Å². The molecule has 4 nitrogen and oxygen atoms in total. The Morgan fingerprint density at radius 1 is 1.54 bits per heavy atom. The van der Waals surface area contributed by atoms with Crippen molar-refractivity contribution in [3.63, 3.8) is 0 Å². The predicted octanol–water partition coefficient (Wildman–Crippen LogP) is 0.431. The van der Waals surface area contributed by atoms with E-state index in [2.05, 4.69) is 10.6 Å². The Kier molecular flexibility index (Phi) is 3.54. The number of carbonyl (C=O) groups excluding carboxylic acids is 1. The monoisotopic (exact) mass is 185 g/mol. The van der Waals surface area contributed by atoms with Crippen LogP contribution in [0.5, 0.6) is 0 Å². The van der Waals surface area contributed by atoms with Crippen LogP contribution in [0.15, 0.2) is 0 Å². The second kappa shape index (κ2) is 4.46. The fourth-order valence-electron chi connectivity index (χ4n) is 0.910. The molecule has 76 valence electrons. The minimum absolute atomic E-state index is 0.0463. The maximum Gasteiger partial charge on any atom is 0.315 e. The molecule has 0 saturated heterocycles. The molecule has 0 aromatic heterocycles. The minimum Gasteiger partial charge on any atom is -0.337 e. The van der Waals surface area contributed by atoms with Gasteiger partial charge in [0.15, 0.2) is 0 Å². The van der Waals surface area contributed by atoms with Crippen molar-refractivity contribution in [3.05, 3.63) is 0 Å². The van der Waals surface area contributed by atoms with Crippen LogP contribution in [0.25, 0.3) is 0 Å². The van der Waals surface area contributed by atoms with Gasteiger partial charge in [0.2, 0.25) is 0 Å². The van der Waals surface area contributed by atoms with Crippen LogP contribution in [-0.4, -0.2) is 24.7 Å². The quantitative estimate of drug-likeness (QED) is 0.594. The first-order valence-corrected chi connectivity index (χ1v) is 4.89. The molecule has 0 bridgehead atoms. The van der Waals surface area contributed by atoms with Crippen LogP contribution in [0, 0.1) is 5.92 Å². The molecule has 4 N–H and O–H groups in total. The van der Waals surface area contributed by atoms with Crippen molar-refractivity contribution in [2.75, 3.05) is 6.54 Å². The van der Waals surface area contributed by atoms with E-state index < -0.39 is 0 Å². The van der Waals surface area contributed by atoms with E-state index in [1.165, 1.54) is 0 Å². The summed E-state index contributed by atoms with van der Waals surface area (Å²) in [6.07, 6.45) is 2.23. The van der Waals surface area contributed by atoms with Crippen molar-refractivity contribution >= 4 is 6.03 Å². The summed E-state index contributed by atoms with van der Waals surface area (Å²) >= 11 is 0. The second-order valence-corrected chi connectivity index (χ2v) is 4.04. The molecule has 1 aliphatic rings. The maximum atomic E-state index is 11.1. The van der Waals surface area contributed by atoms with Gasteiger partial charge < -0.3 is 16.4 Å². The Labute approximate surface area is 79.3 Å². The van der Waals surface area contributed by atoms with E-state index in [1.807, 2.05) is 13.8 Å². The molecular weight excluding hydrogens is 166 g/mol. The zero-order valence-corrected chi connectivity index (χ0v) is 8.34. The van der Waals surface area contributed by atoms with Crippen LogP contribution in [0.1, 0.15) is 26.7 Å². The standard InChI is InChI=1S/C9H19N3O/c1-6(2)8(10)5-11-9(13)12-7-3-4-7/h6-8H,3-5,10H2,1-2H3,(H2,11,12,13). The first-order valence-electron chi connectivity index (χ1n) is 4.89. The van der Waals surface area contributed by atoms with Crippen LogP contribution in [0.3, 0.4) is 0 Å². The Hall–Kier alpha value is -0.770. The summed E-state index contributed by atoms with van der Waals surface area (Å²) in [5.41, 5.74) is 5.77. The van der Waals surface area contributed by atoms with E-state index >= 15 is 0 Å². The average molecular weight is 185 g/mol. The van der Waals surface area contributed by atoms with E-state index in [0.29, 0.717) is 18.5 Å². The highest BCUT2D eigenvalue weighted by Crippen LogP contribution is 2.18. The van der Waals surface area contributed by atoms with Gasteiger partial charge in [0.05, 0.1) is 0 Å². The van der Waals surface area contributed by atoms with Gasteiger partial charge in [0, 0.05) is 18.6 Å². The SMILES string of the molecule is CC(C)C(N)CNC(=O)NC1CC1. The third-order valence-corrected chi connectivity index (χ3v) is 2.27. The third kappa shape index (κ3) is 4.12.